The molecule has 0 bridgehead atoms. The SMILES string of the molecule is CC(NC(=O)C1(CC(=O)c2cncc(N)c2)CC1)c1ccc(Nc2c(F)cccc2C(C)(F)F)cn1. The van der Waals surface area contributed by atoms with Gasteiger partial charge in [0.1, 0.15) is 5.82 Å². The highest BCUT2D eigenvalue weighted by molar-refractivity contribution is 6.01. The standard InChI is InChI=1S/C26H26F3N5O2/c1-15(33-24(36)26(8-9-26)11-22(35)16-10-17(30)13-31-12-16)21-7-6-18(14-32-21)34-23-19(25(2,28)29)4-3-5-20(23)27/h3-7,10,12-15,34H,8-9,11,30H2,1-2H3,(H,33,36). The highest BCUT2D eigenvalue weighted by Crippen LogP contribution is 2.50. The summed E-state index contributed by atoms with van der Waals surface area (Å²) < 4.78 is 42.0. The third kappa shape index (κ3) is 5.48. The lowest BCUT2D eigenvalue weighted by Gasteiger charge is -2.20. The maximum Gasteiger partial charge on any atom is 0.272 e. The highest BCUT2D eigenvalue weighted by Gasteiger charge is 2.51. The average Bonchev–Trinajstić information content (AvgIpc) is 3.60. The van der Waals surface area contributed by atoms with Gasteiger partial charge in [-0.2, -0.15) is 0 Å². The summed E-state index contributed by atoms with van der Waals surface area (Å²) in [4.78, 5) is 33.8. The number of alkyl halides is 2. The molecule has 0 aliphatic heterocycles. The first-order valence-corrected chi connectivity index (χ1v) is 11.4. The van der Waals surface area contributed by atoms with Gasteiger partial charge in [0.2, 0.25) is 5.91 Å². The van der Waals surface area contributed by atoms with E-state index in [1.54, 1.807) is 19.1 Å². The van der Waals surface area contributed by atoms with E-state index in [2.05, 4.69) is 20.6 Å². The number of para-hydroxylation sites is 1. The maximum absolute atomic E-state index is 14.3. The molecule has 1 aliphatic rings. The first kappa shape index (κ1) is 25.2. The lowest BCUT2D eigenvalue weighted by Crippen LogP contribution is -2.35. The number of nitrogens with one attached hydrogen (secondary N) is 2. The molecule has 36 heavy (non-hydrogen) atoms. The van der Waals surface area contributed by atoms with Crippen LogP contribution in [0.5, 0.6) is 0 Å². The van der Waals surface area contributed by atoms with Crippen molar-refractivity contribution in [1.29, 1.82) is 0 Å². The van der Waals surface area contributed by atoms with E-state index in [1.165, 1.54) is 30.7 Å². The van der Waals surface area contributed by atoms with Crippen molar-refractivity contribution >= 4 is 28.8 Å². The number of nitrogen functional groups attached to an aromatic ring is 1. The van der Waals surface area contributed by atoms with Gasteiger partial charge < -0.3 is 16.4 Å². The van der Waals surface area contributed by atoms with Crippen molar-refractivity contribution in [3.05, 3.63) is 77.6 Å². The molecule has 1 unspecified atom stereocenters. The van der Waals surface area contributed by atoms with E-state index >= 15 is 0 Å². The minimum absolute atomic E-state index is 0.0556. The zero-order chi connectivity index (χ0) is 26.1. The topological polar surface area (TPSA) is 110 Å². The van der Waals surface area contributed by atoms with Crippen LogP contribution in [0.3, 0.4) is 0 Å². The first-order valence-electron chi connectivity index (χ1n) is 11.4. The van der Waals surface area contributed by atoms with E-state index in [1.807, 2.05) is 0 Å². The van der Waals surface area contributed by atoms with Gasteiger partial charge in [-0.15, -0.1) is 0 Å². The summed E-state index contributed by atoms with van der Waals surface area (Å²) >= 11 is 0. The number of rotatable bonds is 9. The quantitative estimate of drug-likeness (QED) is 0.347. The van der Waals surface area contributed by atoms with E-state index in [9.17, 15) is 22.8 Å². The second kappa shape index (κ2) is 9.60. The number of Topliss-reactive ketones (excluding diaryl/α,β-unsaturated/α-hetero) is 1. The molecule has 2 heterocycles. The predicted octanol–water partition coefficient (Wildman–Crippen LogP) is 5.28. The van der Waals surface area contributed by atoms with Gasteiger partial charge in [0.15, 0.2) is 5.78 Å². The molecule has 7 nitrogen and oxygen atoms in total. The summed E-state index contributed by atoms with van der Waals surface area (Å²) in [6, 6.07) is 7.73. The molecule has 1 saturated carbocycles. The van der Waals surface area contributed by atoms with Crippen LogP contribution in [0.2, 0.25) is 0 Å². The van der Waals surface area contributed by atoms with Gasteiger partial charge in [-0.05, 0) is 44.0 Å². The molecule has 1 aromatic carbocycles. The minimum Gasteiger partial charge on any atom is -0.397 e. The van der Waals surface area contributed by atoms with E-state index < -0.39 is 28.8 Å². The molecule has 10 heteroatoms. The molecule has 4 rings (SSSR count). The maximum atomic E-state index is 14.3. The largest absolute Gasteiger partial charge is 0.397 e. The molecular weight excluding hydrogens is 471 g/mol. The Hall–Kier alpha value is -3.95. The zero-order valence-electron chi connectivity index (χ0n) is 19.8. The number of nitrogens with zero attached hydrogens (tertiary/aromatic N) is 2. The summed E-state index contributed by atoms with van der Waals surface area (Å²) in [6.45, 7) is 2.45. The molecule has 2 aromatic heterocycles. The number of aromatic nitrogens is 2. The Morgan fingerprint density at radius 2 is 1.92 bits per heavy atom. The van der Waals surface area contributed by atoms with E-state index in [-0.39, 0.29) is 23.8 Å². The third-order valence-electron chi connectivity index (χ3n) is 6.25. The molecule has 1 fully saturated rings. The number of hydrogen-bond donors (Lipinski definition) is 3. The molecular formula is C26H26F3N5O2. The fourth-order valence-corrected chi connectivity index (χ4v) is 3.98. The van der Waals surface area contributed by atoms with Crippen molar-refractivity contribution in [1.82, 2.24) is 15.3 Å². The Kier molecular flexibility index (Phi) is 6.71. The normalized spacial score (nSPS) is 15.1. The summed E-state index contributed by atoms with van der Waals surface area (Å²) in [6.07, 6.45) is 5.50. The number of nitrogens with two attached hydrogens (primary N) is 1. The third-order valence-corrected chi connectivity index (χ3v) is 6.25. The number of carbonyl (C=O) groups excluding carboxylic acids is 2. The van der Waals surface area contributed by atoms with Gasteiger partial charge >= 0.3 is 0 Å². The van der Waals surface area contributed by atoms with Crippen LogP contribution < -0.4 is 16.4 Å². The van der Waals surface area contributed by atoms with Crippen LogP contribution in [-0.2, 0) is 10.7 Å². The average molecular weight is 498 g/mol. The Bertz CT molecular complexity index is 1290. The minimum atomic E-state index is -3.24. The predicted molar refractivity (Wildman–Crippen MR) is 129 cm³/mol. The van der Waals surface area contributed by atoms with Crippen molar-refractivity contribution in [2.24, 2.45) is 5.41 Å². The lowest BCUT2D eigenvalue weighted by atomic mass is 9.94. The van der Waals surface area contributed by atoms with Crippen molar-refractivity contribution < 1.29 is 22.8 Å². The molecule has 1 atom stereocenters. The summed E-state index contributed by atoms with van der Waals surface area (Å²) in [5.74, 6) is -4.49. The fraction of sp³-hybridized carbons (Fsp3) is 0.308. The van der Waals surface area contributed by atoms with Crippen LogP contribution in [0.1, 0.15) is 60.8 Å². The Balaban J connectivity index is 1.41. The smallest absolute Gasteiger partial charge is 0.272 e. The molecule has 3 aromatic rings. The van der Waals surface area contributed by atoms with Crippen LogP contribution in [0, 0.1) is 11.2 Å². The van der Waals surface area contributed by atoms with Gasteiger partial charge in [-0.1, -0.05) is 12.1 Å². The number of halogens is 3. The van der Waals surface area contributed by atoms with Crippen molar-refractivity contribution in [3.63, 3.8) is 0 Å². The molecule has 0 saturated heterocycles. The molecule has 0 radical (unpaired) electrons. The molecule has 4 N–H and O–H groups in total. The van der Waals surface area contributed by atoms with Crippen LogP contribution in [0.4, 0.5) is 30.2 Å². The van der Waals surface area contributed by atoms with E-state index in [0.29, 0.717) is 42.4 Å². The van der Waals surface area contributed by atoms with Crippen LogP contribution >= 0.6 is 0 Å². The zero-order valence-corrected chi connectivity index (χ0v) is 19.8. The van der Waals surface area contributed by atoms with Gasteiger partial charge in [0.05, 0.1) is 40.4 Å². The Morgan fingerprint density at radius 1 is 1.17 bits per heavy atom. The van der Waals surface area contributed by atoms with Crippen molar-refractivity contribution in [2.75, 3.05) is 11.1 Å². The number of hydrogen-bond acceptors (Lipinski definition) is 6. The Labute approximate surface area is 206 Å². The monoisotopic (exact) mass is 497 g/mol. The molecule has 1 amide bonds. The second-order valence-corrected chi connectivity index (χ2v) is 9.23. The number of anilines is 3. The van der Waals surface area contributed by atoms with Crippen LogP contribution in [0.25, 0.3) is 0 Å². The Morgan fingerprint density at radius 3 is 2.53 bits per heavy atom. The highest BCUT2D eigenvalue weighted by atomic mass is 19.3. The van der Waals surface area contributed by atoms with Gasteiger partial charge in [0.25, 0.3) is 5.92 Å². The number of benzene rings is 1. The summed E-state index contributed by atoms with van der Waals surface area (Å²) in [5, 5.41) is 5.57. The van der Waals surface area contributed by atoms with Crippen LogP contribution in [0.15, 0.2) is 55.0 Å². The number of amides is 1. The molecule has 0 spiro atoms. The molecule has 1 aliphatic carbocycles. The molecule has 188 valence electrons. The van der Waals surface area contributed by atoms with E-state index in [4.69, 9.17) is 5.73 Å². The number of pyridine rings is 2. The van der Waals surface area contributed by atoms with Gasteiger partial charge in [0, 0.05) is 36.9 Å². The summed E-state index contributed by atoms with van der Waals surface area (Å²) in [5.41, 5.74) is 5.71. The van der Waals surface area contributed by atoms with Gasteiger partial charge in [-0.25, -0.2) is 13.2 Å². The van der Waals surface area contributed by atoms with Crippen LogP contribution in [-0.4, -0.2) is 21.7 Å². The summed E-state index contributed by atoms with van der Waals surface area (Å²) in [7, 11) is 0. The van der Waals surface area contributed by atoms with E-state index in [0.717, 1.165) is 12.1 Å². The second-order valence-electron chi connectivity index (χ2n) is 9.23. The first-order chi connectivity index (χ1) is 17.0. The van der Waals surface area contributed by atoms with Crippen molar-refractivity contribution in [2.45, 2.75) is 45.1 Å². The lowest BCUT2D eigenvalue weighted by molar-refractivity contribution is -0.127. The number of carbonyl (C=O) groups is 2. The van der Waals surface area contributed by atoms with Gasteiger partial charge in [-0.3, -0.25) is 19.6 Å². The van der Waals surface area contributed by atoms with Crippen molar-refractivity contribution in [3.8, 4) is 0 Å². The fourth-order valence-electron chi connectivity index (χ4n) is 3.98. The number of ketones is 1.